The molecule has 2 N–H and O–H groups in total. The molecule has 1 unspecified atom stereocenters. The van der Waals surface area contributed by atoms with Gasteiger partial charge in [-0.3, -0.25) is 4.57 Å². The van der Waals surface area contributed by atoms with Crippen LogP contribution in [0.4, 0.5) is 0 Å². The average molecular weight is 349 g/mol. The molecular weight excluding hydrogens is 332 g/mol. The Morgan fingerprint density at radius 2 is 1.92 bits per heavy atom. The molecule has 1 atom stereocenters. The van der Waals surface area contributed by atoms with Crippen molar-refractivity contribution in [1.82, 2.24) is 14.5 Å². The van der Waals surface area contributed by atoms with E-state index < -0.39 is 0 Å². The van der Waals surface area contributed by atoms with Crippen LogP contribution in [0.3, 0.4) is 0 Å². The highest BCUT2D eigenvalue weighted by atomic mass is 35.5. The Bertz CT molecular complexity index is 1050. The predicted molar refractivity (Wildman–Crippen MR) is 102 cm³/mol. The van der Waals surface area contributed by atoms with Gasteiger partial charge in [-0.2, -0.15) is 0 Å². The van der Waals surface area contributed by atoms with Gasteiger partial charge in [0, 0.05) is 23.5 Å². The van der Waals surface area contributed by atoms with Gasteiger partial charge in [0.15, 0.2) is 0 Å². The molecule has 0 bridgehead atoms. The van der Waals surface area contributed by atoms with Crippen molar-refractivity contribution < 1.29 is 0 Å². The number of fused-ring (bicyclic) bond motifs is 1. The van der Waals surface area contributed by atoms with Crippen molar-refractivity contribution in [3.63, 3.8) is 0 Å². The summed E-state index contributed by atoms with van der Waals surface area (Å²) in [4.78, 5) is 8.69. The molecule has 2 aromatic carbocycles. The Morgan fingerprint density at radius 3 is 2.72 bits per heavy atom. The van der Waals surface area contributed by atoms with E-state index >= 15 is 0 Å². The highest BCUT2D eigenvalue weighted by Gasteiger charge is 2.09. The number of pyridine rings is 1. The van der Waals surface area contributed by atoms with E-state index in [0.717, 1.165) is 33.4 Å². The van der Waals surface area contributed by atoms with Crippen LogP contribution in [0.1, 0.15) is 18.5 Å². The maximum Gasteiger partial charge on any atom is 0.136 e. The number of hydrogen-bond acceptors (Lipinski definition) is 3. The second-order valence-corrected chi connectivity index (χ2v) is 6.40. The number of nitrogens with zero attached hydrogens (tertiary/aromatic N) is 3. The van der Waals surface area contributed by atoms with Crippen LogP contribution in [0.25, 0.3) is 27.8 Å². The van der Waals surface area contributed by atoms with Crippen LogP contribution in [0.5, 0.6) is 0 Å². The molecule has 5 heteroatoms. The van der Waals surface area contributed by atoms with Crippen molar-refractivity contribution in [3.05, 3.63) is 77.8 Å². The number of nitrogens with two attached hydrogens (primary N) is 1. The van der Waals surface area contributed by atoms with Crippen molar-refractivity contribution >= 4 is 22.6 Å². The van der Waals surface area contributed by atoms with Gasteiger partial charge in [0.2, 0.25) is 0 Å². The zero-order chi connectivity index (χ0) is 17.4. The first-order valence-corrected chi connectivity index (χ1v) is 8.45. The zero-order valence-electron chi connectivity index (χ0n) is 13.7. The van der Waals surface area contributed by atoms with Gasteiger partial charge in [-0.25, -0.2) is 9.97 Å². The first-order valence-electron chi connectivity index (χ1n) is 8.07. The van der Waals surface area contributed by atoms with E-state index in [4.69, 9.17) is 17.3 Å². The fourth-order valence-corrected chi connectivity index (χ4v) is 3.17. The minimum absolute atomic E-state index is 0.00870. The van der Waals surface area contributed by atoms with Crippen LogP contribution in [-0.2, 0) is 0 Å². The van der Waals surface area contributed by atoms with Gasteiger partial charge < -0.3 is 5.73 Å². The summed E-state index contributed by atoms with van der Waals surface area (Å²) in [5.41, 5.74) is 12.0. The van der Waals surface area contributed by atoms with E-state index in [0.29, 0.717) is 5.15 Å². The number of benzene rings is 2. The smallest absolute Gasteiger partial charge is 0.136 e. The van der Waals surface area contributed by atoms with Crippen LogP contribution in [0, 0.1) is 0 Å². The first-order chi connectivity index (χ1) is 12.1. The summed E-state index contributed by atoms with van der Waals surface area (Å²) in [5.74, 6) is 0. The summed E-state index contributed by atoms with van der Waals surface area (Å²) in [6.07, 6.45) is 3.52. The van der Waals surface area contributed by atoms with E-state index in [1.54, 1.807) is 6.20 Å². The molecule has 0 fully saturated rings. The van der Waals surface area contributed by atoms with Gasteiger partial charge in [0.05, 0.1) is 11.0 Å². The summed E-state index contributed by atoms with van der Waals surface area (Å²) >= 11 is 6.24. The fraction of sp³-hybridized carbons (Fsp3) is 0.100. The van der Waals surface area contributed by atoms with Crippen LogP contribution in [0.15, 0.2) is 67.1 Å². The Hall–Kier alpha value is -2.69. The number of halogens is 1. The van der Waals surface area contributed by atoms with Crippen LogP contribution < -0.4 is 5.73 Å². The van der Waals surface area contributed by atoms with Crippen molar-refractivity contribution in [3.8, 4) is 16.8 Å². The molecule has 2 heterocycles. The third-order valence-corrected chi connectivity index (χ3v) is 4.59. The monoisotopic (exact) mass is 348 g/mol. The lowest BCUT2D eigenvalue weighted by atomic mass is 10.1. The van der Waals surface area contributed by atoms with Crippen molar-refractivity contribution in [1.29, 1.82) is 0 Å². The topological polar surface area (TPSA) is 56.7 Å². The molecule has 0 saturated heterocycles. The van der Waals surface area contributed by atoms with Crippen molar-refractivity contribution in [2.75, 3.05) is 0 Å². The standard InChI is InChI=1S/C20H17ClN4/c1-13(22)14-7-8-19-18(11-14)24-12-25(19)16-5-2-4-15(10-16)17-6-3-9-23-20(17)21/h2-13H,22H2,1H3. The Kier molecular flexibility index (Phi) is 3.99. The number of aromatic nitrogens is 3. The summed E-state index contributed by atoms with van der Waals surface area (Å²) in [6.45, 7) is 1.97. The van der Waals surface area contributed by atoms with E-state index in [9.17, 15) is 0 Å². The molecule has 4 nitrogen and oxygen atoms in total. The summed E-state index contributed by atoms with van der Waals surface area (Å²) in [7, 11) is 0. The summed E-state index contributed by atoms with van der Waals surface area (Å²) in [5, 5.41) is 0.497. The molecule has 4 rings (SSSR count). The third-order valence-electron chi connectivity index (χ3n) is 4.29. The van der Waals surface area contributed by atoms with E-state index in [1.807, 2.05) is 55.7 Å². The number of rotatable bonds is 3. The van der Waals surface area contributed by atoms with Gasteiger partial charge in [-0.1, -0.05) is 29.8 Å². The molecule has 4 aromatic rings. The molecule has 0 saturated carbocycles. The van der Waals surface area contributed by atoms with E-state index in [1.165, 1.54) is 0 Å². The van der Waals surface area contributed by atoms with E-state index in [-0.39, 0.29) is 6.04 Å². The second-order valence-electron chi connectivity index (χ2n) is 6.04. The maximum absolute atomic E-state index is 6.24. The molecule has 0 aliphatic carbocycles. The van der Waals surface area contributed by atoms with E-state index in [2.05, 4.69) is 26.7 Å². The highest BCUT2D eigenvalue weighted by Crippen LogP contribution is 2.28. The molecule has 0 aliphatic rings. The molecule has 0 spiro atoms. The Labute approximate surface area is 150 Å². The zero-order valence-corrected chi connectivity index (χ0v) is 14.5. The lowest BCUT2D eigenvalue weighted by molar-refractivity contribution is 0.819. The minimum Gasteiger partial charge on any atom is -0.324 e. The van der Waals surface area contributed by atoms with Gasteiger partial charge in [0.1, 0.15) is 11.5 Å². The lowest BCUT2D eigenvalue weighted by Crippen LogP contribution is -2.04. The average Bonchev–Trinajstić information content (AvgIpc) is 3.05. The second kappa shape index (κ2) is 6.31. The number of imidazole rings is 1. The lowest BCUT2D eigenvalue weighted by Gasteiger charge is -2.09. The largest absolute Gasteiger partial charge is 0.324 e. The van der Waals surface area contributed by atoms with Gasteiger partial charge in [-0.15, -0.1) is 0 Å². The quantitative estimate of drug-likeness (QED) is 0.543. The molecular formula is C20H17ClN4. The predicted octanol–water partition coefficient (Wildman–Crippen LogP) is 4.76. The van der Waals surface area contributed by atoms with Crippen molar-refractivity contribution in [2.45, 2.75) is 13.0 Å². The fourth-order valence-electron chi connectivity index (χ4n) is 2.94. The van der Waals surface area contributed by atoms with Crippen LogP contribution in [-0.4, -0.2) is 14.5 Å². The Balaban J connectivity index is 1.82. The third kappa shape index (κ3) is 2.90. The van der Waals surface area contributed by atoms with Crippen molar-refractivity contribution in [2.24, 2.45) is 5.73 Å². The SMILES string of the molecule is CC(N)c1ccc2c(c1)ncn2-c1cccc(-c2cccnc2Cl)c1. The molecule has 124 valence electrons. The Morgan fingerprint density at radius 1 is 1.04 bits per heavy atom. The van der Waals surface area contributed by atoms with Gasteiger partial charge >= 0.3 is 0 Å². The molecule has 0 aliphatic heterocycles. The summed E-state index contributed by atoms with van der Waals surface area (Å²) < 4.78 is 2.06. The first kappa shape index (κ1) is 15.8. The number of hydrogen-bond donors (Lipinski definition) is 1. The minimum atomic E-state index is -0.00870. The van der Waals surface area contributed by atoms with Crippen LogP contribution >= 0.6 is 11.6 Å². The highest BCUT2D eigenvalue weighted by molar-refractivity contribution is 6.32. The maximum atomic E-state index is 6.24. The van der Waals surface area contributed by atoms with Gasteiger partial charge in [0.25, 0.3) is 0 Å². The molecule has 0 amide bonds. The normalized spacial score (nSPS) is 12.4. The van der Waals surface area contributed by atoms with Crippen LogP contribution in [0.2, 0.25) is 5.15 Å². The molecule has 0 radical (unpaired) electrons. The molecule has 25 heavy (non-hydrogen) atoms. The summed E-state index contributed by atoms with van der Waals surface area (Å²) in [6, 6.07) is 18.2. The van der Waals surface area contributed by atoms with Gasteiger partial charge in [-0.05, 0) is 54.4 Å². The molecule has 2 aromatic heterocycles.